The van der Waals surface area contributed by atoms with E-state index < -0.39 is 12.8 Å². The van der Waals surface area contributed by atoms with Crippen LogP contribution < -0.4 is 15.4 Å². The van der Waals surface area contributed by atoms with E-state index in [9.17, 15) is 13.2 Å². The topological polar surface area (TPSA) is 45.7 Å². The van der Waals surface area contributed by atoms with Crippen LogP contribution in [0.3, 0.4) is 0 Å². The maximum Gasteiger partial charge on any atom is 0.422 e. The van der Waals surface area contributed by atoms with Crippen molar-refractivity contribution in [3.8, 4) is 5.75 Å². The summed E-state index contributed by atoms with van der Waals surface area (Å²) in [5.74, 6) is 1.18. The van der Waals surface area contributed by atoms with Crippen molar-refractivity contribution in [1.29, 1.82) is 0 Å². The Kier molecular flexibility index (Phi) is 7.32. The highest BCUT2D eigenvalue weighted by Crippen LogP contribution is 2.20. The van der Waals surface area contributed by atoms with Gasteiger partial charge in [-0.15, -0.1) is 11.3 Å². The van der Waals surface area contributed by atoms with Crippen LogP contribution in [0.15, 0.2) is 46.8 Å². The zero-order valence-electron chi connectivity index (χ0n) is 14.6. The lowest BCUT2D eigenvalue weighted by Gasteiger charge is -2.15. The molecule has 2 rings (SSSR count). The molecule has 0 fully saturated rings. The summed E-state index contributed by atoms with van der Waals surface area (Å²) in [4.78, 5) is 5.46. The van der Waals surface area contributed by atoms with Gasteiger partial charge in [-0.25, -0.2) is 0 Å². The van der Waals surface area contributed by atoms with E-state index >= 15 is 0 Å². The fourth-order valence-electron chi connectivity index (χ4n) is 2.24. The number of aliphatic imine (C=N–C) groups is 1. The van der Waals surface area contributed by atoms with Gasteiger partial charge >= 0.3 is 6.18 Å². The number of guanidine groups is 1. The Hall–Kier alpha value is -2.22. The molecule has 1 heterocycles. The number of rotatable bonds is 7. The average Bonchev–Trinajstić information content (AvgIpc) is 3.14. The second kappa shape index (κ2) is 9.47. The van der Waals surface area contributed by atoms with Crippen LogP contribution in [-0.4, -0.2) is 32.3 Å². The molecule has 4 nitrogen and oxygen atoms in total. The molecule has 0 saturated carbocycles. The van der Waals surface area contributed by atoms with Gasteiger partial charge in [-0.05, 0) is 29.1 Å². The Morgan fingerprint density at radius 2 is 2.04 bits per heavy atom. The van der Waals surface area contributed by atoms with Gasteiger partial charge in [0.05, 0.1) is 0 Å². The fourth-order valence-corrected chi connectivity index (χ4v) is 3.03. The minimum absolute atomic E-state index is 0.191. The summed E-state index contributed by atoms with van der Waals surface area (Å²) in [7, 11) is 1.67. The first-order chi connectivity index (χ1) is 12.4. The Balaban J connectivity index is 1.82. The first kappa shape index (κ1) is 20.1. The first-order valence-electron chi connectivity index (χ1n) is 8.14. The Morgan fingerprint density at radius 1 is 1.23 bits per heavy atom. The molecule has 0 saturated heterocycles. The van der Waals surface area contributed by atoms with Crippen LogP contribution >= 0.6 is 11.3 Å². The largest absolute Gasteiger partial charge is 0.484 e. The summed E-state index contributed by atoms with van der Waals surface area (Å²) in [5, 5.41) is 8.45. The molecule has 0 aliphatic heterocycles. The second-order valence-corrected chi connectivity index (χ2v) is 6.75. The molecule has 8 heteroatoms. The van der Waals surface area contributed by atoms with Gasteiger partial charge in [-0.1, -0.05) is 25.1 Å². The Bertz CT molecular complexity index is 702. The van der Waals surface area contributed by atoms with Crippen molar-refractivity contribution >= 4 is 17.3 Å². The third-order valence-corrected chi connectivity index (χ3v) is 4.69. The van der Waals surface area contributed by atoms with Crippen LogP contribution in [0.2, 0.25) is 0 Å². The summed E-state index contributed by atoms with van der Waals surface area (Å²) >= 11 is 1.71. The van der Waals surface area contributed by atoms with Gasteiger partial charge in [0.15, 0.2) is 12.6 Å². The quantitative estimate of drug-likeness (QED) is 0.556. The smallest absolute Gasteiger partial charge is 0.422 e. The van der Waals surface area contributed by atoms with Crippen molar-refractivity contribution in [3.05, 3.63) is 52.2 Å². The number of ether oxygens (including phenoxy) is 1. The minimum atomic E-state index is -4.35. The Labute approximate surface area is 155 Å². The van der Waals surface area contributed by atoms with Crippen LogP contribution in [0.5, 0.6) is 5.75 Å². The summed E-state index contributed by atoms with van der Waals surface area (Å²) in [6.45, 7) is 1.99. The summed E-state index contributed by atoms with van der Waals surface area (Å²) in [6.07, 6.45) is -4.35. The van der Waals surface area contributed by atoms with Crippen LogP contribution in [0.4, 0.5) is 13.2 Å². The van der Waals surface area contributed by atoms with Crippen molar-refractivity contribution in [2.75, 3.05) is 20.2 Å². The average molecular weight is 385 g/mol. The van der Waals surface area contributed by atoms with E-state index in [2.05, 4.69) is 28.6 Å². The maximum atomic E-state index is 12.2. The van der Waals surface area contributed by atoms with Gasteiger partial charge in [0.25, 0.3) is 0 Å². The molecule has 1 atom stereocenters. The van der Waals surface area contributed by atoms with Crippen molar-refractivity contribution in [2.45, 2.75) is 25.6 Å². The Morgan fingerprint density at radius 3 is 2.69 bits per heavy atom. The van der Waals surface area contributed by atoms with E-state index in [0.717, 1.165) is 12.1 Å². The number of hydrogen-bond acceptors (Lipinski definition) is 3. The van der Waals surface area contributed by atoms with Crippen molar-refractivity contribution in [2.24, 2.45) is 4.99 Å². The van der Waals surface area contributed by atoms with Gasteiger partial charge in [-0.2, -0.15) is 13.2 Å². The minimum Gasteiger partial charge on any atom is -0.484 e. The highest BCUT2D eigenvalue weighted by molar-refractivity contribution is 7.10. The normalized spacial score (nSPS) is 13.3. The molecule has 1 aromatic heterocycles. The van der Waals surface area contributed by atoms with Crippen molar-refractivity contribution < 1.29 is 17.9 Å². The molecule has 142 valence electrons. The predicted molar refractivity (Wildman–Crippen MR) is 98.9 cm³/mol. The molecule has 26 heavy (non-hydrogen) atoms. The highest BCUT2D eigenvalue weighted by atomic mass is 32.1. The van der Waals surface area contributed by atoms with Gasteiger partial charge in [0, 0.05) is 30.9 Å². The molecule has 2 N–H and O–H groups in total. The van der Waals surface area contributed by atoms with Crippen molar-refractivity contribution in [3.63, 3.8) is 0 Å². The van der Waals surface area contributed by atoms with E-state index in [4.69, 9.17) is 4.74 Å². The van der Waals surface area contributed by atoms with Crippen LogP contribution in [0, 0.1) is 0 Å². The van der Waals surface area contributed by atoms with Crippen molar-refractivity contribution in [1.82, 2.24) is 10.6 Å². The zero-order valence-corrected chi connectivity index (χ0v) is 15.5. The maximum absolute atomic E-state index is 12.2. The molecule has 0 amide bonds. The number of alkyl halides is 3. The summed E-state index contributed by atoms with van der Waals surface area (Å²) in [6, 6.07) is 10.7. The second-order valence-electron chi connectivity index (χ2n) is 5.77. The van der Waals surface area contributed by atoms with Crippen LogP contribution in [0.25, 0.3) is 0 Å². The van der Waals surface area contributed by atoms with Gasteiger partial charge in [0.1, 0.15) is 5.75 Å². The molecule has 0 aliphatic carbocycles. The SMILES string of the molecule is CN=C(NCc1cccc(OCC(F)(F)F)c1)NCC(C)c1cccs1. The van der Waals surface area contributed by atoms with E-state index in [0.29, 0.717) is 18.4 Å². The molecule has 0 aliphatic rings. The molecule has 2 aromatic rings. The van der Waals surface area contributed by atoms with E-state index in [1.165, 1.54) is 10.9 Å². The fraction of sp³-hybridized carbons (Fsp3) is 0.389. The lowest BCUT2D eigenvalue weighted by atomic mass is 10.1. The lowest BCUT2D eigenvalue weighted by molar-refractivity contribution is -0.153. The van der Waals surface area contributed by atoms with Gasteiger partial charge in [0.2, 0.25) is 0 Å². The molecule has 0 radical (unpaired) electrons. The van der Waals surface area contributed by atoms with E-state index in [1.54, 1.807) is 30.5 Å². The van der Waals surface area contributed by atoms with Crippen LogP contribution in [-0.2, 0) is 6.54 Å². The number of halogens is 3. The molecule has 1 unspecified atom stereocenters. The zero-order chi connectivity index (χ0) is 19.0. The molecule has 0 bridgehead atoms. The van der Waals surface area contributed by atoms with Gasteiger partial charge < -0.3 is 15.4 Å². The standard InChI is InChI=1S/C18H22F3N3OS/c1-13(16-7-4-8-26-16)10-23-17(22-2)24-11-14-5-3-6-15(9-14)25-12-18(19,20)21/h3-9,13H,10-12H2,1-2H3,(H2,22,23,24). The number of thiophene rings is 1. The highest BCUT2D eigenvalue weighted by Gasteiger charge is 2.28. The van der Waals surface area contributed by atoms with E-state index in [1.807, 2.05) is 17.5 Å². The lowest BCUT2D eigenvalue weighted by Crippen LogP contribution is -2.38. The summed E-state index contributed by atoms with van der Waals surface area (Å²) in [5.41, 5.74) is 0.805. The number of benzene rings is 1. The molecular weight excluding hydrogens is 363 g/mol. The molecule has 1 aromatic carbocycles. The third kappa shape index (κ3) is 6.95. The van der Waals surface area contributed by atoms with Crippen LogP contribution in [0.1, 0.15) is 23.3 Å². The molecule has 0 spiro atoms. The monoisotopic (exact) mass is 385 g/mol. The first-order valence-corrected chi connectivity index (χ1v) is 9.02. The number of nitrogens with one attached hydrogen (secondary N) is 2. The summed E-state index contributed by atoms with van der Waals surface area (Å²) < 4.78 is 41.5. The predicted octanol–water partition coefficient (Wildman–Crippen LogP) is 4.16. The molecular formula is C18H22F3N3OS. The van der Waals surface area contributed by atoms with Gasteiger partial charge in [-0.3, -0.25) is 4.99 Å². The third-order valence-electron chi connectivity index (χ3n) is 3.59. The number of nitrogens with zero attached hydrogens (tertiary/aromatic N) is 1. The number of hydrogen-bond donors (Lipinski definition) is 2. The van der Waals surface area contributed by atoms with E-state index in [-0.39, 0.29) is 5.75 Å².